The van der Waals surface area contributed by atoms with Crippen molar-refractivity contribution in [2.75, 3.05) is 11.9 Å². The second-order valence-corrected chi connectivity index (χ2v) is 6.18. The molecule has 0 aliphatic carbocycles. The van der Waals surface area contributed by atoms with Crippen molar-refractivity contribution in [2.24, 2.45) is 0 Å². The molecule has 3 rings (SSSR count). The molecule has 6 heteroatoms. The molecule has 0 bridgehead atoms. The number of carbonyl (C=O) groups excluding carboxylic acids is 1. The first-order valence-electron chi connectivity index (χ1n) is 8.93. The van der Waals surface area contributed by atoms with Crippen LogP contribution in [0.1, 0.15) is 28.4 Å². The van der Waals surface area contributed by atoms with Gasteiger partial charge in [0, 0.05) is 23.5 Å². The molecule has 1 aromatic heterocycles. The van der Waals surface area contributed by atoms with E-state index < -0.39 is 11.7 Å². The number of pyridine rings is 1. The predicted molar refractivity (Wildman–Crippen MR) is 105 cm³/mol. The lowest BCUT2D eigenvalue weighted by Crippen LogP contribution is -2.13. The van der Waals surface area contributed by atoms with Crippen LogP contribution in [0.25, 0.3) is 0 Å². The van der Waals surface area contributed by atoms with Crippen LogP contribution >= 0.6 is 0 Å². The maximum atomic E-state index is 14.0. The summed E-state index contributed by atoms with van der Waals surface area (Å²) in [6.07, 6.45) is 3.41. The predicted octanol–water partition coefficient (Wildman–Crippen LogP) is 4.76. The zero-order chi connectivity index (χ0) is 19.9. The molecule has 0 saturated heterocycles. The highest BCUT2D eigenvalue weighted by Crippen LogP contribution is 2.30. The molecule has 5 nitrogen and oxygen atoms in total. The van der Waals surface area contributed by atoms with Gasteiger partial charge >= 0.3 is 0 Å². The molecular formula is C22H21FN2O3. The first kappa shape index (κ1) is 19.4. The van der Waals surface area contributed by atoms with Gasteiger partial charge in [-0.1, -0.05) is 12.1 Å². The first-order valence-corrected chi connectivity index (χ1v) is 8.93. The van der Waals surface area contributed by atoms with E-state index in [0.717, 1.165) is 11.1 Å². The van der Waals surface area contributed by atoms with Gasteiger partial charge in [-0.25, -0.2) is 4.39 Å². The molecule has 3 aromatic rings. The third kappa shape index (κ3) is 4.85. The zero-order valence-corrected chi connectivity index (χ0v) is 15.7. The minimum atomic E-state index is -0.477. The summed E-state index contributed by atoms with van der Waals surface area (Å²) in [4.78, 5) is 16.6. The van der Waals surface area contributed by atoms with Crippen LogP contribution in [-0.4, -0.2) is 17.5 Å². The van der Waals surface area contributed by atoms with Gasteiger partial charge in [-0.05, 0) is 55.8 Å². The summed E-state index contributed by atoms with van der Waals surface area (Å²) in [5.74, 6) is 0.0597. The van der Waals surface area contributed by atoms with Gasteiger partial charge in [-0.15, -0.1) is 0 Å². The van der Waals surface area contributed by atoms with Gasteiger partial charge in [0.25, 0.3) is 5.91 Å². The first-order chi connectivity index (χ1) is 13.6. The molecule has 0 unspecified atom stereocenters. The van der Waals surface area contributed by atoms with Crippen molar-refractivity contribution in [2.45, 2.75) is 20.5 Å². The Kier molecular flexibility index (Phi) is 6.22. The Balaban J connectivity index is 1.76. The highest BCUT2D eigenvalue weighted by atomic mass is 19.1. The van der Waals surface area contributed by atoms with E-state index in [9.17, 15) is 9.18 Å². The van der Waals surface area contributed by atoms with Crippen LogP contribution < -0.4 is 14.8 Å². The maximum Gasteiger partial charge on any atom is 0.255 e. The Morgan fingerprint density at radius 1 is 1.11 bits per heavy atom. The Morgan fingerprint density at radius 2 is 1.96 bits per heavy atom. The Morgan fingerprint density at radius 3 is 2.68 bits per heavy atom. The van der Waals surface area contributed by atoms with Crippen LogP contribution in [0.15, 0.2) is 60.9 Å². The van der Waals surface area contributed by atoms with Crippen LogP contribution in [0, 0.1) is 12.7 Å². The molecule has 28 heavy (non-hydrogen) atoms. The lowest BCUT2D eigenvalue weighted by atomic mass is 10.1. The summed E-state index contributed by atoms with van der Waals surface area (Å²) in [6.45, 7) is 4.38. The van der Waals surface area contributed by atoms with Crippen molar-refractivity contribution in [3.8, 4) is 11.5 Å². The van der Waals surface area contributed by atoms with E-state index in [4.69, 9.17) is 9.47 Å². The second kappa shape index (κ2) is 8.99. The van der Waals surface area contributed by atoms with E-state index in [1.807, 2.05) is 19.1 Å². The Labute approximate surface area is 163 Å². The normalized spacial score (nSPS) is 10.4. The molecular weight excluding hydrogens is 359 g/mol. The number of carbonyl (C=O) groups is 1. The van der Waals surface area contributed by atoms with E-state index in [-0.39, 0.29) is 5.69 Å². The number of rotatable bonds is 7. The van der Waals surface area contributed by atoms with Crippen molar-refractivity contribution in [1.82, 2.24) is 4.98 Å². The van der Waals surface area contributed by atoms with E-state index in [0.29, 0.717) is 30.3 Å². The van der Waals surface area contributed by atoms with Crippen molar-refractivity contribution in [1.29, 1.82) is 0 Å². The van der Waals surface area contributed by atoms with Crippen molar-refractivity contribution < 1.29 is 18.7 Å². The summed E-state index contributed by atoms with van der Waals surface area (Å²) in [5.41, 5.74) is 2.17. The third-order valence-corrected chi connectivity index (χ3v) is 4.00. The summed E-state index contributed by atoms with van der Waals surface area (Å²) in [7, 11) is 0. The summed E-state index contributed by atoms with van der Waals surface area (Å²) >= 11 is 0. The number of ether oxygens (including phenoxy) is 2. The molecule has 1 amide bonds. The van der Waals surface area contributed by atoms with Crippen molar-refractivity contribution in [3.63, 3.8) is 0 Å². The third-order valence-electron chi connectivity index (χ3n) is 4.00. The number of hydrogen-bond acceptors (Lipinski definition) is 4. The number of amides is 1. The number of nitrogens with zero attached hydrogens (tertiary/aromatic N) is 1. The lowest BCUT2D eigenvalue weighted by Gasteiger charge is -2.14. The van der Waals surface area contributed by atoms with Crippen molar-refractivity contribution in [3.05, 3.63) is 83.4 Å². The minimum Gasteiger partial charge on any atom is -0.490 e. The van der Waals surface area contributed by atoms with Gasteiger partial charge < -0.3 is 14.8 Å². The van der Waals surface area contributed by atoms with Gasteiger partial charge in [0.1, 0.15) is 12.4 Å². The fourth-order valence-electron chi connectivity index (χ4n) is 2.60. The number of halogens is 1. The van der Waals surface area contributed by atoms with Crippen LogP contribution in [-0.2, 0) is 6.61 Å². The quantitative estimate of drug-likeness (QED) is 0.642. The summed E-state index contributed by atoms with van der Waals surface area (Å²) < 4.78 is 25.4. The topological polar surface area (TPSA) is 60.5 Å². The van der Waals surface area contributed by atoms with Gasteiger partial charge in [0.05, 0.1) is 12.3 Å². The van der Waals surface area contributed by atoms with Gasteiger partial charge in [-0.3, -0.25) is 9.78 Å². The van der Waals surface area contributed by atoms with Crippen LogP contribution in [0.5, 0.6) is 11.5 Å². The van der Waals surface area contributed by atoms with Gasteiger partial charge in [-0.2, -0.15) is 0 Å². The number of aryl methyl sites for hydroxylation is 1. The van der Waals surface area contributed by atoms with Crippen LogP contribution in [0.2, 0.25) is 0 Å². The average molecular weight is 380 g/mol. The number of nitrogens with one attached hydrogen (secondary N) is 1. The van der Waals surface area contributed by atoms with Crippen LogP contribution in [0.3, 0.4) is 0 Å². The fourth-order valence-corrected chi connectivity index (χ4v) is 2.60. The molecule has 0 aliphatic rings. The molecule has 1 heterocycles. The average Bonchev–Trinajstić information content (AvgIpc) is 2.70. The molecule has 0 radical (unpaired) electrons. The molecule has 144 valence electrons. The van der Waals surface area contributed by atoms with E-state index in [2.05, 4.69) is 10.3 Å². The number of benzene rings is 2. The smallest absolute Gasteiger partial charge is 0.255 e. The summed E-state index contributed by atoms with van der Waals surface area (Å²) in [6, 6.07) is 13.3. The van der Waals surface area contributed by atoms with E-state index >= 15 is 0 Å². The monoisotopic (exact) mass is 380 g/mol. The fraction of sp³-hybridized carbons (Fsp3) is 0.182. The highest BCUT2D eigenvalue weighted by Gasteiger charge is 2.14. The largest absolute Gasteiger partial charge is 0.490 e. The molecule has 0 saturated carbocycles. The summed E-state index contributed by atoms with van der Waals surface area (Å²) in [5, 5.41) is 2.58. The number of aromatic nitrogens is 1. The Bertz CT molecular complexity index is 961. The molecule has 0 aliphatic heterocycles. The molecule has 0 spiro atoms. The Hall–Kier alpha value is -3.41. The van der Waals surface area contributed by atoms with Crippen LogP contribution in [0.4, 0.5) is 10.1 Å². The zero-order valence-electron chi connectivity index (χ0n) is 15.7. The number of hydrogen-bond donors (Lipinski definition) is 1. The van der Waals surface area contributed by atoms with Gasteiger partial charge in [0.15, 0.2) is 11.5 Å². The minimum absolute atomic E-state index is 0.130. The maximum absolute atomic E-state index is 14.0. The molecule has 2 aromatic carbocycles. The van der Waals surface area contributed by atoms with Crippen molar-refractivity contribution >= 4 is 11.6 Å². The number of anilines is 1. The second-order valence-electron chi connectivity index (χ2n) is 6.18. The van der Waals surface area contributed by atoms with E-state index in [1.165, 1.54) is 12.1 Å². The standard InChI is InChI=1S/C22H21FN2O3/c1-3-27-21-12-17(22(26)25-19-8-6-15(2)11-18(19)23)7-9-20(21)28-14-16-5-4-10-24-13-16/h4-13H,3,14H2,1-2H3,(H,25,26). The highest BCUT2D eigenvalue weighted by molar-refractivity contribution is 6.04. The molecule has 0 fully saturated rings. The lowest BCUT2D eigenvalue weighted by molar-refractivity contribution is 0.102. The SMILES string of the molecule is CCOc1cc(C(=O)Nc2ccc(C)cc2F)ccc1OCc1cccnc1. The molecule has 1 N–H and O–H groups in total. The van der Waals surface area contributed by atoms with Gasteiger partial charge in [0.2, 0.25) is 0 Å². The molecule has 0 atom stereocenters. The van der Waals surface area contributed by atoms with E-state index in [1.54, 1.807) is 43.6 Å².